The Morgan fingerprint density at radius 2 is 1.53 bits per heavy atom. The van der Waals surface area contributed by atoms with Crippen molar-refractivity contribution in [1.82, 2.24) is 19.6 Å². The van der Waals surface area contributed by atoms with Gasteiger partial charge in [-0.05, 0) is 69.3 Å². The van der Waals surface area contributed by atoms with Crippen LogP contribution in [0.5, 0.6) is 0 Å². The largest absolute Gasteiger partial charge is 0.418 e. The normalized spacial score (nSPS) is 19.2. The Hall–Kier alpha value is -3.53. The fourth-order valence-corrected chi connectivity index (χ4v) is 7.53. The van der Waals surface area contributed by atoms with Gasteiger partial charge in [0.1, 0.15) is 0 Å². The second-order valence-corrected chi connectivity index (χ2v) is 13.4. The van der Waals surface area contributed by atoms with Gasteiger partial charge in [0, 0.05) is 55.6 Å². The molecule has 0 aliphatic carbocycles. The Kier molecular flexibility index (Phi) is 10.0. The second-order valence-electron chi connectivity index (χ2n) is 12.7. The molecule has 1 aromatic carbocycles. The van der Waals surface area contributed by atoms with Crippen LogP contribution in [-0.2, 0) is 34.9 Å². The summed E-state index contributed by atoms with van der Waals surface area (Å²) in [5.41, 5.74) is 2.05. The van der Waals surface area contributed by atoms with E-state index in [1.165, 1.54) is 11.3 Å². The maximum absolute atomic E-state index is 13.8. The van der Waals surface area contributed by atoms with Crippen molar-refractivity contribution in [2.24, 2.45) is 5.92 Å². The van der Waals surface area contributed by atoms with Crippen molar-refractivity contribution < 1.29 is 40.7 Å². The average Bonchev–Trinajstić information content (AvgIpc) is 3.47. The third kappa shape index (κ3) is 7.79. The molecule has 3 N–H and O–H groups in total. The lowest BCUT2D eigenvalue weighted by Crippen LogP contribution is -2.51. The zero-order chi connectivity index (χ0) is 34.3. The van der Waals surface area contributed by atoms with Crippen molar-refractivity contribution in [2.75, 3.05) is 51.3 Å². The van der Waals surface area contributed by atoms with Crippen LogP contribution in [0.25, 0.3) is 0 Å². The number of likely N-dealkylation sites (tertiary alicyclic amines) is 2. The molecule has 1 atom stereocenters. The van der Waals surface area contributed by atoms with Crippen LogP contribution < -0.4 is 11.1 Å². The van der Waals surface area contributed by atoms with Gasteiger partial charge in [-0.1, -0.05) is 0 Å². The Morgan fingerprint density at radius 1 is 0.957 bits per heavy atom. The average molecular weight is 689 g/mol. The zero-order valence-corrected chi connectivity index (χ0v) is 26.9. The number of halogens is 6. The van der Waals surface area contributed by atoms with Gasteiger partial charge in [-0.15, -0.1) is 11.3 Å². The minimum atomic E-state index is -5.16. The summed E-state index contributed by atoms with van der Waals surface area (Å²) in [6, 6.07) is 0.960. The number of anilines is 2. The van der Waals surface area contributed by atoms with E-state index in [0.29, 0.717) is 57.5 Å². The number of urea groups is 1. The van der Waals surface area contributed by atoms with Crippen LogP contribution in [0.15, 0.2) is 22.9 Å². The first-order valence-corrected chi connectivity index (χ1v) is 16.4. The lowest BCUT2D eigenvalue weighted by molar-refractivity contribution is -0.143. The number of benzene rings is 1. The van der Waals surface area contributed by atoms with Gasteiger partial charge >= 0.3 is 18.4 Å². The number of nitrogens with two attached hydrogens (primary N) is 1. The van der Waals surface area contributed by atoms with Crippen molar-refractivity contribution in [1.29, 1.82) is 0 Å². The molecule has 1 aromatic heterocycles. The van der Waals surface area contributed by atoms with Crippen molar-refractivity contribution in [3.05, 3.63) is 45.1 Å². The van der Waals surface area contributed by atoms with Gasteiger partial charge < -0.3 is 30.7 Å². The molecule has 3 aliphatic rings. The third-order valence-corrected chi connectivity index (χ3v) is 10.2. The number of fused-ring (bicyclic) bond motifs is 1. The molecule has 0 spiro atoms. The van der Waals surface area contributed by atoms with E-state index in [4.69, 9.17) is 5.73 Å². The van der Waals surface area contributed by atoms with Gasteiger partial charge in [0.05, 0.1) is 35.0 Å². The molecule has 0 saturated carbocycles. The SMILES string of the molecule is CN(C)C1CCN(C(=O)[C@H](CC(=O)N2CCC(N3Cc4cscc4NC3=O)CC2)Cc2cc(C(F)(F)F)c(N)c(C(F)(F)F)c2)CC1. The second kappa shape index (κ2) is 13.5. The summed E-state index contributed by atoms with van der Waals surface area (Å²) in [6.07, 6.45) is -8.96. The molecular formula is C31H38F6N6O3S. The summed E-state index contributed by atoms with van der Waals surface area (Å²) < 4.78 is 82.6. The van der Waals surface area contributed by atoms with Crippen molar-refractivity contribution >= 4 is 40.6 Å². The summed E-state index contributed by atoms with van der Waals surface area (Å²) in [5, 5.41) is 6.71. The lowest BCUT2D eigenvalue weighted by Gasteiger charge is -2.40. The number of nitrogens with one attached hydrogen (secondary N) is 1. The molecule has 3 aliphatic heterocycles. The number of piperidine rings is 2. The molecule has 4 heterocycles. The standard InChI is InChI=1S/C31H38F6N6O3S/c1-40(2)21-3-9-42(10-4-21)28(45)19(11-18-12-23(30(32,33)34)27(38)24(13-18)31(35,36)37)14-26(44)41-7-5-22(6-8-41)43-15-20-16-47-17-25(20)39-29(43)46/h12-13,16-17,19,21-22H,3-11,14-15,38H2,1-2H3,(H,39,46)/t19-/m0/s1. The quantitative estimate of drug-likeness (QED) is 0.295. The number of hydrogen-bond acceptors (Lipinski definition) is 6. The van der Waals surface area contributed by atoms with Gasteiger partial charge in [-0.25, -0.2) is 4.79 Å². The highest BCUT2D eigenvalue weighted by atomic mass is 32.1. The number of thiophene rings is 1. The van der Waals surface area contributed by atoms with Crippen molar-refractivity contribution in [3.8, 4) is 0 Å². The molecule has 0 radical (unpaired) electrons. The fourth-order valence-electron chi connectivity index (χ4n) is 6.75. The number of nitrogen functional groups attached to an aromatic ring is 1. The molecule has 2 fully saturated rings. The number of rotatable bonds is 7. The van der Waals surface area contributed by atoms with E-state index in [-0.39, 0.29) is 43.2 Å². The molecular weight excluding hydrogens is 650 g/mol. The van der Waals surface area contributed by atoms with Crippen LogP contribution in [0.3, 0.4) is 0 Å². The number of nitrogens with zero attached hydrogens (tertiary/aromatic N) is 4. The van der Waals surface area contributed by atoms with Gasteiger partial charge in [0.25, 0.3) is 0 Å². The predicted octanol–water partition coefficient (Wildman–Crippen LogP) is 5.51. The maximum Gasteiger partial charge on any atom is 0.418 e. The van der Waals surface area contributed by atoms with E-state index in [9.17, 15) is 40.7 Å². The summed E-state index contributed by atoms with van der Waals surface area (Å²) >= 11 is 1.49. The Labute approximate surface area is 272 Å². The molecule has 47 heavy (non-hydrogen) atoms. The number of hydrogen-bond donors (Lipinski definition) is 2. The highest BCUT2D eigenvalue weighted by Crippen LogP contribution is 2.42. The van der Waals surface area contributed by atoms with E-state index >= 15 is 0 Å². The van der Waals surface area contributed by atoms with Gasteiger partial charge in [0.2, 0.25) is 11.8 Å². The fraction of sp³-hybridized carbons (Fsp3) is 0.581. The van der Waals surface area contributed by atoms with Crippen LogP contribution >= 0.6 is 11.3 Å². The van der Waals surface area contributed by atoms with Crippen molar-refractivity contribution in [3.63, 3.8) is 0 Å². The zero-order valence-electron chi connectivity index (χ0n) is 26.1. The minimum absolute atomic E-state index is 0.126. The summed E-state index contributed by atoms with van der Waals surface area (Å²) in [4.78, 5) is 47.0. The van der Waals surface area contributed by atoms with Crippen LogP contribution in [-0.4, -0.2) is 89.8 Å². The molecule has 2 aromatic rings. The first-order valence-electron chi connectivity index (χ1n) is 15.5. The molecule has 258 valence electrons. The topological polar surface area (TPSA) is 102 Å². The monoisotopic (exact) mass is 688 g/mol. The Bertz CT molecular complexity index is 1440. The Morgan fingerprint density at radius 3 is 2.09 bits per heavy atom. The molecule has 5 rings (SSSR count). The van der Waals surface area contributed by atoms with Crippen molar-refractivity contribution in [2.45, 2.75) is 69.5 Å². The summed E-state index contributed by atoms with van der Waals surface area (Å²) in [5.74, 6) is -2.09. The van der Waals surface area contributed by atoms with E-state index < -0.39 is 53.3 Å². The highest BCUT2D eigenvalue weighted by molar-refractivity contribution is 7.08. The first kappa shape index (κ1) is 34.8. The van der Waals surface area contributed by atoms with E-state index in [0.717, 1.165) is 11.3 Å². The maximum atomic E-state index is 13.8. The first-order chi connectivity index (χ1) is 22.0. The molecule has 16 heteroatoms. The number of carbonyl (C=O) groups is 3. The molecule has 9 nitrogen and oxygen atoms in total. The van der Waals surface area contributed by atoms with Crippen LogP contribution in [0, 0.1) is 5.92 Å². The number of amides is 4. The molecule has 2 saturated heterocycles. The van der Waals surface area contributed by atoms with Crippen LogP contribution in [0.2, 0.25) is 0 Å². The number of carbonyl (C=O) groups excluding carboxylic acids is 3. The van der Waals surface area contributed by atoms with Crippen LogP contribution in [0.4, 0.5) is 42.5 Å². The van der Waals surface area contributed by atoms with Crippen LogP contribution in [0.1, 0.15) is 54.4 Å². The highest BCUT2D eigenvalue weighted by Gasteiger charge is 2.42. The third-order valence-electron chi connectivity index (χ3n) is 9.45. The molecule has 4 amide bonds. The predicted molar refractivity (Wildman–Crippen MR) is 164 cm³/mol. The lowest BCUT2D eigenvalue weighted by atomic mass is 9.90. The smallest absolute Gasteiger partial charge is 0.398 e. The van der Waals surface area contributed by atoms with Gasteiger partial charge in [-0.3, -0.25) is 9.59 Å². The van der Waals surface area contributed by atoms with Gasteiger partial charge in [0.15, 0.2) is 0 Å². The summed E-state index contributed by atoms with van der Waals surface area (Å²) in [6.45, 7) is 1.73. The van der Waals surface area contributed by atoms with E-state index in [1.54, 1.807) is 14.7 Å². The molecule has 0 bridgehead atoms. The van der Waals surface area contributed by atoms with Gasteiger partial charge in [-0.2, -0.15) is 26.3 Å². The number of alkyl halides is 6. The van der Waals surface area contributed by atoms with E-state index in [1.807, 2.05) is 29.8 Å². The summed E-state index contributed by atoms with van der Waals surface area (Å²) in [7, 11) is 3.84. The molecule has 0 unspecified atom stereocenters. The minimum Gasteiger partial charge on any atom is -0.398 e. The van der Waals surface area contributed by atoms with E-state index in [2.05, 4.69) is 5.32 Å². The Balaban J connectivity index is 1.33.